The van der Waals surface area contributed by atoms with Gasteiger partial charge in [-0.05, 0) is 25.0 Å². The summed E-state index contributed by atoms with van der Waals surface area (Å²) in [5, 5.41) is 0. The maximum absolute atomic E-state index is 13.9. The number of nitrogens with zero attached hydrogens (tertiary/aromatic N) is 1. The lowest BCUT2D eigenvalue weighted by molar-refractivity contribution is -0.140. The molecule has 0 saturated carbocycles. The second-order valence-corrected chi connectivity index (χ2v) is 4.92. The fourth-order valence-electron chi connectivity index (χ4n) is 2.33. The minimum absolute atomic E-state index is 0.187. The van der Waals surface area contributed by atoms with E-state index in [1.165, 1.54) is 4.90 Å². The largest absolute Gasteiger partial charge is 0.419 e. The SMILES string of the molecule is O=C(c1cccc(C(F)(F)F)c1F)N1CCCC1CCl. The van der Waals surface area contributed by atoms with Gasteiger partial charge < -0.3 is 4.90 Å². The maximum Gasteiger partial charge on any atom is 0.419 e. The molecule has 2 nitrogen and oxygen atoms in total. The Bertz CT molecular complexity index is 518. The van der Waals surface area contributed by atoms with Crippen molar-refractivity contribution in [3.63, 3.8) is 0 Å². The smallest absolute Gasteiger partial charge is 0.334 e. The van der Waals surface area contributed by atoms with Crippen molar-refractivity contribution in [3.05, 3.63) is 35.1 Å². The molecule has 1 fully saturated rings. The van der Waals surface area contributed by atoms with Gasteiger partial charge in [0, 0.05) is 18.5 Å². The van der Waals surface area contributed by atoms with Gasteiger partial charge in [0.05, 0.1) is 11.1 Å². The van der Waals surface area contributed by atoms with Crippen LogP contribution in [0.25, 0.3) is 0 Å². The van der Waals surface area contributed by atoms with Gasteiger partial charge in [0.1, 0.15) is 5.82 Å². The predicted molar refractivity (Wildman–Crippen MR) is 66.2 cm³/mol. The van der Waals surface area contributed by atoms with Gasteiger partial charge in [0.15, 0.2) is 0 Å². The first-order chi connectivity index (χ1) is 9.36. The van der Waals surface area contributed by atoms with Crippen LogP contribution in [0, 0.1) is 5.82 Å². The molecule has 0 bridgehead atoms. The van der Waals surface area contributed by atoms with Gasteiger partial charge in [-0.15, -0.1) is 11.6 Å². The Morgan fingerprint density at radius 1 is 1.40 bits per heavy atom. The van der Waals surface area contributed by atoms with Gasteiger partial charge >= 0.3 is 6.18 Å². The first-order valence-electron chi connectivity index (χ1n) is 6.09. The van der Waals surface area contributed by atoms with Crippen LogP contribution in [-0.4, -0.2) is 29.3 Å². The Labute approximate surface area is 118 Å². The molecule has 1 amide bonds. The highest BCUT2D eigenvalue weighted by molar-refractivity contribution is 6.18. The Kier molecular flexibility index (Phi) is 4.22. The summed E-state index contributed by atoms with van der Waals surface area (Å²) in [5.74, 6) is -2.08. The number of amides is 1. The molecule has 1 atom stereocenters. The average Bonchev–Trinajstić information content (AvgIpc) is 2.85. The third-order valence-corrected chi connectivity index (χ3v) is 3.71. The van der Waals surface area contributed by atoms with E-state index in [0.29, 0.717) is 25.5 Å². The third kappa shape index (κ3) is 2.75. The molecule has 110 valence electrons. The van der Waals surface area contributed by atoms with Gasteiger partial charge in [0.25, 0.3) is 5.91 Å². The van der Waals surface area contributed by atoms with Gasteiger partial charge in [0.2, 0.25) is 0 Å². The van der Waals surface area contributed by atoms with Crippen LogP contribution < -0.4 is 0 Å². The van der Waals surface area contributed by atoms with E-state index < -0.39 is 29.0 Å². The number of likely N-dealkylation sites (tertiary alicyclic amines) is 1. The molecule has 0 aliphatic carbocycles. The highest BCUT2D eigenvalue weighted by atomic mass is 35.5. The van der Waals surface area contributed by atoms with Crippen molar-refractivity contribution in [2.45, 2.75) is 25.1 Å². The van der Waals surface area contributed by atoms with Gasteiger partial charge in [-0.25, -0.2) is 4.39 Å². The number of benzene rings is 1. The lowest BCUT2D eigenvalue weighted by Gasteiger charge is -2.23. The zero-order valence-corrected chi connectivity index (χ0v) is 11.1. The van der Waals surface area contributed by atoms with Crippen molar-refractivity contribution < 1.29 is 22.4 Å². The van der Waals surface area contributed by atoms with Crippen molar-refractivity contribution in [2.75, 3.05) is 12.4 Å². The van der Waals surface area contributed by atoms with E-state index in [1.54, 1.807) is 0 Å². The van der Waals surface area contributed by atoms with E-state index in [9.17, 15) is 22.4 Å². The molecule has 2 rings (SSSR count). The van der Waals surface area contributed by atoms with Crippen LogP contribution in [0.3, 0.4) is 0 Å². The molecule has 7 heteroatoms. The zero-order valence-electron chi connectivity index (χ0n) is 10.4. The van der Waals surface area contributed by atoms with Gasteiger partial charge in [-0.1, -0.05) is 6.07 Å². The monoisotopic (exact) mass is 309 g/mol. The van der Waals surface area contributed by atoms with Crippen LogP contribution in [0.15, 0.2) is 18.2 Å². The standard InChI is InChI=1S/C13H12ClF4NO/c14-7-8-3-2-6-19(8)12(20)9-4-1-5-10(11(9)15)13(16,17)18/h1,4-5,8H,2-3,6-7H2. The van der Waals surface area contributed by atoms with E-state index >= 15 is 0 Å². The molecular weight excluding hydrogens is 298 g/mol. The van der Waals surface area contributed by atoms with E-state index in [2.05, 4.69) is 0 Å². The summed E-state index contributed by atoms with van der Waals surface area (Å²) < 4.78 is 51.8. The van der Waals surface area contributed by atoms with Crippen molar-refractivity contribution in [1.82, 2.24) is 4.90 Å². The topological polar surface area (TPSA) is 20.3 Å². The van der Waals surface area contributed by atoms with E-state index in [4.69, 9.17) is 11.6 Å². The highest BCUT2D eigenvalue weighted by Gasteiger charge is 2.37. The molecule has 0 N–H and O–H groups in total. The summed E-state index contributed by atoms with van der Waals surface area (Å²) >= 11 is 5.71. The van der Waals surface area contributed by atoms with Crippen LogP contribution in [0.4, 0.5) is 17.6 Å². The molecule has 1 aromatic rings. The second kappa shape index (κ2) is 5.60. The number of rotatable bonds is 2. The van der Waals surface area contributed by atoms with Crippen molar-refractivity contribution in [1.29, 1.82) is 0 Å². The number of alkyl halides is 4. The summed E-state index contributed by atoms with van der Waals surface area (Å²) in [5.41, 5.74) is -1.98. The summed E-state index contributed by atoms with van der Waals surface area (Å²) in [7, 11) is 0. The summed E-state index contributed by atoms with van der Waals surface area (Å²) in [4.78, 5) is 13.5. The number of halogens is 5. The molecule has 1 aromatic carbocycles. The number of hydrogen-bond donors (Lipinski definition) is 0. The molecule has 20 heavy (non-hydrogen) atoms. The second-order valence-electron chi connectivity index (χ2n) is 4.61. The molecular formula is C13H12ClF4NO. The van der Waals surface area contributed by atoms with Crippen LogP contribution >= 0.6 is 11.6 Å². The summed E-state index contributed by atoms with van der Waals surface area (Å²) in [6, 6.07) is 2.47. The van der Waals surface area contributed by atoms with Gasteiger partial charge in [-0.2, -0.15) is 13.2 Å². The molecule has 1 unspecified atom stereocenters. The molecule has 1 aliphatic rings. The molecule has 1 aliphatic heterocycles. The number of carbonyl (C=O) groups excluding carboxylic acids is 1. The predicted octanol–water partition coefficient (Wildman–Crippen LogP) is 3.69. The summed E-state index contributed by atoms with van der Waals surface area (Å²) in [6.07, 6.45) is -3.43. The van der Waals surface area contributed by atoms with Gasteiger partial charge in [-0.3, -0.25) is 4.79 Å². The van der Waals surface area contributed by atoms with Crippen molar-refractivity contribution in [3.8, 4) is 0 Å². The maximum atomic E-state index is 13.9. The Hall–Kier alpha value is -1.30. The lowest BCUT2D eigenvalue weighted by Crippen LogP contribution is -2.37. The quantitative estimate of drug-likeness (QED) is 0.603. The van der Waals surface area contributed by atoms with E-state index in [-0.39, 0.29) is 11.9 Å². The van der Waals surface area contributed by atoms with E-state index in [0.717, 1.165) is 12.1 Å². The molecule has 0 radical (unpaired) electrons. The minimum Gasteiger partial charge on any atom is -0.334 e. The first-order valence-corrected chi connectivity index (χ1v) is 6.62. The fourth-order valence-corrected chi connectivity index (χ4v) is 2.66. The van der Waals surface area contributed by atoms with Crippen LogP contribution in [0.2, 0.25) is 0 Å². The van der Waals surface area contributed by atoms with Crippen LogP contribution in [-0.2, 0) is 6.18 Å². The average molecular weight is 310 g/mol. The van der Waals surface area contributed by atoms with Crippen LogP contribution in [0.5, 0.6) is 0 Å². The zero-order chi connectivity index (χ0) is 14.9. The molecule has 0 aromatic heterocycles. The van der Waals surface area contributed by atoms with Crippen molar-refractivity contribution >= 4 is 17.5 Å². The minimum atomic E-state index is -4.82. The third-order valence-electron chi connectivity index (χ3n) is 3.35. The van der Waals surface area contributed by atoms with Crippen LogP contribution in [0.1, 0.15) is 28.8 Å². The number of hydrogen-bond acceptors (Lipinski definition) is 1. The summed E-state index contributed by atoms with van der Waals surface area (Å²) in [6.45, 7) is 0.381. The fraction of sp³-hybridized carbons (Fsp3) is 0.462. The lowest BCUT2D eigenvalue weighted by atomic mass is 10.1. The molecule has 1 heterocycles. The van der Waals surface area contributed by atoms with E-state index in [1.807, 2.05) is 0 Å². The molecule has 1 saturated heterocycles. The highest BCUT2D eigenvalue weighted by Crippen LogP contribution is 2.33. The van der Waals surface area contributed by atoms with Crippen molar-refractivity contribution in [2.24, 2.45) is 0 Å². The Morgan fingerprint density at radius 3 is 2.70 bits per heavy atom. The number of carbonyl (C=O) groups is 1. The molecule has 0 spiro atoms. The Balaban J connectivity index is 2.36. The normalized spacial score (nSPS) is 19.4. The first kappa shape index (κ1) is 15.1. The Morgan fingerprint density at radius 2 is 2.10 bits per heavy atom.